The number of carbonyl (C=O) groups excluding carboxylic acids is 1. The van der Waals surface area contributed by atoms with Crippen LogP contribution in [-0.2, 0) is 6.42 Å². The molecule has 0 saturated carbocycles. The van der Waals surface area contributed by atoms with Gasteiger partial charge in [-0.05, 0) is 24.1 Å². The number of anilines is 1. The summed E-state index contributed by atoms with van der Waals surface area (Å²) in [5.74, 6) is 0. The molecule has 0 aliphatic heterocycles. The van der Waals surface area contributed by atoms with Crippen LogP contribution in [0.25, 0.3) is 0 Å². The van der Waals surface area contributed by atoms with E-state index in [0.717, 1.165) is 5.56 Å². The Hall–Kier alpha value is -2.06. The molecule has 0 bridgehead atoms. The molecule has 5 nitrogen and oxygen atoms in total. The van der Waals surface area contributed by atoms with Gasteiger partial charge in [-0.1, -0.05) is 12.1 Å². The Morgan fingerprint density at radius 1 is 1.35 bits per heavy atom. The standard InChI is InChI=1S/C12H15N3O2/c13-7-6-10-2-4-11(5-3-10)15-12(17)14-8-1-9-16/h2-5,16H,1,6,8-9H2,(H2,14,15,17). The van der Waals surface area contributed by atoms with Crippen molar-refractivity contribution in [2.75, 3.05) is 18.5 Å². The van der Waals surface area contributed by atoms with Gasteiger partial charge in [0, 0.05) is 18.8 Å². The number of amides is 2. The summed E-state index contributed by atoms with van der Waals surface area (Å²) >= 11 is 0. The van der Waals surface area contributed by atoms with Gasteiger partial charge in [0.05, 0.1) is 12.5 Å². The molecule has 3 N–H and O–H groups in total. The van der Waals surface area contributed by atoms with Crippen molar-refractivity contribution < 1.29 is 9.90 Å². The van der Waals surface area contributed by atoms with Crippen LogP contribution in [0.1, 0.15) is 12.0 Å². The zero-order valence-corrected chi connectivity index (χ0v) is 9.44. The highest BCUT2D eigenvalue weighted by Crippen LogP contribution is 2.09. The molecule has 0 spiro atoms. The lowest BCUT2D eigenvalue weighted by Crippen LogP contribution is -2.29. The molecular weight excluding hydrogens is 218 g/mol. The second kappa shape index (κ2) is 7.25. The number of benzene rings is 1. The Morgan fingerprint density at radius 3 is 2.65 bits per heavy atom. The molecule has 0 aliphatic carbocycles. The number of aliphatic hydroxyl groups excluding tert-OH is 1. The minimum atomic E-state index is -0.300. The lowest BCUT2D eigenvalue weighted by atomic mass is 10.1. The molecule has 0 unspecified atom stereocenters. The fraction of sp³-hybridized carbons (Fsp3) is 0.333. The summed E-state index contributed by atoms with van der Waals surface area (Å²) in [7, 11) is 0. The molecule has 0 radical (unpaired) electrons. The van der Waals surface area contributed by atoms with E-state index in [1.54, 1.807) is 24.3 Å². The molecule has 0 heterocycles. The minimum Gasteiger partial charge on any atom is -0.396 e. The maximum atomic E-state index is 11.3. The maximum absolute atomic E-state index is 11.3. The SMILES string of the molecule is N#CCc1ccc(NC(=O)NCCCO)cc1. The van der Waals surface area contributed by atoms with Crippen LogP contribution in [0.5, 0.6) is 0 Å². The zero-order valence-electron chi connectivity index (χ0n) is 9.44. The van der Waals surface area contributed by atoms with Crippen LogP contribution in [0.3, 0.4) is 0 Å². The fourth-order valence-electron chi connectivity index (χ4n) is 1.25. The molecule has 2 amide bonds. The van der Waals surface area contributed by atoms with E-state index in [1.165, 1.54) is 0 Å². The van der Waals surface area contributed by atoms with Crippen molar-refractivity contribution in [2.45, 2.75) is 12.8 Å². The summed E-state index contributed by atoms with van der Waals surface area (Å²) in [6.45, 7) is 0.498. The van der Waals surface area contributed by atoms with Crippen LogP contribution in [0, 0.1) is 11.3 Å². The number of hydrogen-bond acceptors (Lipinski definition) is 3. The number of nitrogens with one attached hydrogen (secondary N) is 2. The Bertz CT molecular complexity index is 395. The number of carbonyl (C=O) groups is 1. The summed E-state index contributed by atoms with van der Waals surface area (Å²) < 4.78 is 0. The topological polar surface area (TPSA) is 85.2 Å². The second-order valence-electron chi connectivity index (χ2n) is 3.49. The van der Waals surface area contributed by atoms with E-state index in [0.29, 0.717) is 25.1 Å². The summed E-state index contributed by atoms with van der Waals surface area (Å²) in [5.41, 5.74) is 1.59. The number of aliphatic hydroxyl groups is 1. The van der Waals surface area contributed by atoms with Crippen molar-refractivity contribution in [3.8, 4) is 6.07 Å². The summed E-state index contributed by atoms with van der Waals surface area (Å²) in [4.78, 5) is 11.3. The molecule has 1 aromatic carbocycles. The molecule has 0 aliphatic rings. The first-order valence-corrected chi connectivity index (χ1v) is 5.38. The molecule has 90 valence electrons. The highest BCUT2D eigenvalue weighted by Gasteiger charge is 2.00. The van der Waals surface area contributed by atoms with Gasteiger partial charge in [-0.2, -0.15) is 5.26 Å². The lowest BCUT2D eigenvalue weighted by Gasteiger charge is -2.07. The Morgan fingerprint density at radius 2 is 2.06 bits per heavy atom. The van der Waals surface area contributed by atoms with E-state index in [1.807, 2.05) is 0 Å². The molecule has 5 heteroatoms. The zero-order chi connectivity index (χ0) is 12.5. The van der Waals surface area contributed by atoms with Crippen LogP contribution in [0.2, 0.25) is 0 Å². The van der Waals surface area contributed by atoms with Crippen LogP contribution in [0.15, 0.2) is 24.3 Å². The summed E-state index contributed by atoms with van der Waals surface area (Å²) in [5, 5.41) is 22.3. The first-order valence-electron chi connectivity index (χ1n) is 5.38. The monoisotopic (exact) mass is 233 g/mol. The third-order valence-corrected chi connectivity index (χ3v) is 2.12. The van der Waals surface area contributed by atoms with Crippen molar-refractivity contribution in [1.82, 2.24) is 5.32 Å². The molecule has 0 saturated heterocycles. The predicted molar refractivity (Wildman–Crippen MR) is 64.5 cm³/mol. The first-order chi connectivity index (χ1) is 8.26. The highest BCUT2D eigenvalue weighted by atomic mass is 16.3. The van der Waals surface area contributed by atoms with Crippen LogP contribution in [-0.4, -0.2) is 24.3 Å². The van der Waals surface area contributed by atoms with Gasteiger partial charge in [0.2, 0.25) is 0 Å². The summed E-state index contributed by atoms with van der Waals surface area (Å²) in [6.07, 6.45) is 0.900. The van der Waals surface area contributed by atoms with E-state index in [9.17, 15) is 4.79 Å². The summed E-state index contributed by atoms with van der Waals surface area (Å²) in [6, 6.07) is 8.85. The molecule has 17 heavy (non-hydrogen) atoms. The van der Waals surface area contributed by atoms with Gasteiger partial charge in [-0.15, -0.1) is 0 Å². The maximum Gasteiger partial charge on any atom is 0.319 e. The van der Waals surface area contributed by atoms with Crippen molar-refractivity contribution >= 4 is 11.7 Å². The van der Waals surface area contributed by atoms with Crippen molar-refractivity contribution in [3.63, 3.8) is 0 Å². The van der Waals surface area contributed by atoms with Gasteiger partial charge >= 0.3 is 6.03 Å². The van der Waals surface area contributed by atoms with Gasteiger partial charge in [0.1, 0.15) is 0 Å². The first kappa shape index (κ1) is 13.0. The van der Waals surface area contributed by atoms with E-state index >= 15 is 0 Å². The lowest BCUT2D eigenvalue weighted by molar-refractivity contribution is 0.249. The van der Waals surface area contributed by atoms with Gasteiger partial charge in [0.15, 0.2) is 0 Å². The average molecular weight is 233 g/mol. The molecule has 1 rings (SSSR count). The number of rotatable bonds is 5. The van der Waals surface area contributed by atoms with Gasteiger partial charge < -0.3 is 15.7 Å². The quantitative estimate of drug-likeness (QED) is 0.669. The van der Waals surface area contributed by atoms with Crippen molar-refractivity contribution in [1.29, 1.82) is 5.26 Å². The van der Waals surface area contributed by atoms with Gasteiger partial charge in [-0.25, -0.2) is 4.79 Å². The largest absolute Gasteiger partial charge is 0.396 e. The molecule has 0 atom stereocenters. The normalized spacial score (nSPS) is 9.41. The Labute approximate surface area is 100 Å². The number of urea groups is 1. The second-order valence-corrected chi connectivity index (χ2v) is 3.49. The number of hydrogen-bond donors (Lipinski definition) is 3. The van der Waals surface area contributed by atoms with E-state index in [4.69, 9.17) is 10.4 Å². The molecular formula is C12H15N3O2. The third-order valence-electron chi connectivity index (χ3n) is 2.12. The van der Waals surface area contributed by atoms with Crippen molar-refractivity contribution in [2.24, 2.45) is 0 Å². The van der Waals surface area contributed by atoms with Crippen LogP contribution >= 0.6 is 0 Å². The predicted octanol–water partition coefficient (Wildman–Crippen LogP) is 1.26. The van der Waals surface area contributed by atoms with Gasteiger partial charge in [0.25, 0.3) is 0 Å². The molecule has 1 aromatic rings. The third kappa shape index (κ3) is 5.00. The average Bonchev–Trinajstić information content (AvgIpc) is 2.32. The molecule has 0 fully saturated rings. The molecule has 0 aromatic heterocycles. The van der Waals surface area contributed by atoms with E-state index in [-0.39, 0.29) is 12.6 Å². The fourth-order valence-corrected chi connectivity index (χ4v) is 1.25. The van der Waals surface area contributed by atoms with Crippen LogP contribution < -0.4 is 10.6 Å². The minimum absolute atomic E-state index is 0.0587. The smallest absolute Gasteiger partial charge is 0.319 e. The number of nitriles is 1. The van der Waals surface area contributed by atoms with Crippen LogP contribution in [0.4, 0.5) is 10.5 Å². The van der Waals surface area contributed by atoms with Crippen molar-refractivity contribution in [3.05, 3.63) is 29.8 Å². The Kier molecular flexibility index (Phi) is 5.55. The highest BCUT2D eigenvalue weighted by molar-refractivity contribution is 5.89. The van der Waals surface area contributed by atoms with E-state index in [2.05, 4.69) is 16.7 Å². The van der Waals surface area contributed by atoms with Gasteiger partial charge in [-0.3, -0.25) is 0 Å². The van der Waals surface area contributed by atoms with E-state index < -0.39 is 0 Å². The number of nitrogens with zero attached hydrogens (tertiary/aromatic N) is 1. The Balaban J connectivity index is 2.41.